The molecule has 0 atom stereocenters. The second kappa shape index (κ2) is 3.20. The number of pyridine rings is 1. The van der Waals surface area contributed by atoms with Crippen molar-refractivity contribution >= 4 is 16.8 Å². The maximum absolute atomic E-state index is 12.1. The number of aromatic nitrogens is 1. The van der Waals surface area contributed by atoms with E-state index < -0.39 is 0 Å². The van der Waals surface area contributed by atoms with Gasteiger partial charge < -0.3 is 10.3 Å². The molecule has 0 unspecified atom stereocenters. The van der Waals surface area contributed by atoms with E-state index in [0.29, 0.717) is 35.1 Å². The first-order valence-corrected chi connectivity index (χ1v) is 5.19. The van der Waals surface area contributed by atoms with E-state index in [2.05, 4.69) is 10.3 Å². The van der Waals surface area contributed by atoms with Crippen molar-refractivity contribution in [3.05, 3.63) is 45.7 Å². The van der Waals surface area contributed by atoms with Crippen molar-refractivity contribution in [1.82, 2.24) is 10.3 Å². The quantitative estimate of drug-likeness (QED) is 0.681. The van der Waals surface area contributed by atoms with E-state index >= 15 is 0 Å². The van der Waals surface area contributed by atoms with Gasteiger partial charge in [-0.15, -0.1) is 0 Å². The number of amides is 1. The summed E-state index contributed by atoms with van der Waals surface area (Å²) in [6, 6.07) is 7.25. The van der Waals surface area contributed by atoms with Gasteiger partial charge in [-0.1, -0.05) is 12.1 Å². The first-order chi connectivity index (χ1) is 7.77. The van der Waals surface area contributed by atoms with Crippen molar-refractivity contribution in [1.29, 1.82) is 0 Å². The zero-order valence-electron chi connectivity index (χ0n) is 8.54. The number of benzene rings is 1. The predicted octanol–water partition coefficient (Wildman–Crippen LogP) is 0.814. The SMILES string of the molecule is O=C1NCCc2c1[nH]c1ccccc1c2=O. The van der Waals surface area contributed by atoms with E-state index in [1.165, 1.54) is 0 Å². The van der Waals surface area contributed by atoms with Crippen molar-refractivity contribution in [2.75, 3.05) is 6.54 Å². The number of rotatable bonds is 0. The second-order valence-corrected chi connectivity index (χ2v) is 3.86. The third-order valence-electron chi connectivity index (χ3n) is 2.89. The van der Waals surface area contributed by atoms with Gasteiger partial charge in [0.1, 0.15) is 5.69 Å². The summed E-state index contributed by atoms with van der Waals surface area (Å²) in [4.78, 5) is 26.7. The Morgan fingerprint density at radius 3 is 2.81 bits per heavy atom. The summed E-state index contributed by atoms with van der Waals surface area (Å²) in [5.41, 5.74) is 1.69. The van der Waals surface area contributed by atoms with Gasteiger partial charge in [-0.25, -0.2) is 0 Å². The minimum atomic E-state index is -0.191. The van der Waals surface area contributed by atoms with Crippen LogP contribution in [0.4, 0.5) is 0 Å². The third-order valence-corrected chi connectivity index (χ3v) is 2.89. The van der Waals surface area contributed by atoms with E-state index in [4.69, 9.17) is 0 Å². The Balaban J connectivity index is 2.45. The van der Waals surface area contributed by atoms with Crippen LogP contribution in [0.5, 0.6) is 0 Å². The van der Waals surface area contributed by atoms with Crippen LogP contribution in [0.1, 0.15) is 16.1 Å². The zero-order valence-corrected chi connectivity index (χ0v) is 8.54. The van der Waals surface area contributed by atoms with E-state index in [0.717, 1.165) is 0 Å². The molecule has 2 heterocycles. The lowest BCUT2D eigenvalue weighted by Crippen LogP contribution is -2.36. The lowest BCUT2D eigenvalue weighted by molar-refractivity contribution is 0.0940. The van der Waals surface area contributed by atoms with Crippen LogP contribution >= 0.6 is 0 Å². The highest BCUT2D eigenvalue weighted by Gasteiger charge is 2.21. The van der Waals surface area contributed by atoms with Crippen LogP contribution in [-0.4, -0.2) is 17.4 Å². The molecule has 0 spiro atoms. The fourth-order valence-electron chi connectivity index (χ4n) is 2.10. The molecular weight excluding hydrogens is 204 g/mol. The van der Waals surface area contributed by atoms with Crippen LogP contribution in [-0.2, 0) is 6.42 Å². The Morgan fingerprint density at radius 2 is 1.94 bits per heavy atom. The molecule has 16 heavy (non-hydrogen) atoms. The van der Waals surface area contributed by atoms with Crippen LogP contribution in [0.3, 0.4) is 0 Å². The number of H-pyrrole nitrogens is 1. The molecule has 0 saturated heterocycles. The third kappa shape index (κ3) is 1.16. The fourth-order valence-corrected chi connectivity index (χ4v) is 2.10. The fraction of sp³-hybridized carbons (Fsp3) is 0.167. The number of aromatic amines is 1. The Bertz CT molecular complexity index is 643. The minimum Gasteiger partial charge on any atom is -0.350 e. The zero-order chi connectivity index (χ0) is 11.1. The molecule has 1 aliphatic heterocycles. The van der Waals surface area contributed by atoms with Gasteiger partial charge in [0.25, 0.3) is 5.91 Å². The molecule has 1 aromatic heterocycles. The summed E-state index contributed by atoms with van der Waals surface area (Å²) < 4.78 is 0. The number of hydrogen-bond donors (Lipinski definition) is 2. The van der Waals surface area contributed by atoms with Crippen molar-refractivity contribution in [3.8, 4) is 0 Å². The number of carbonyl (C=O) groups is 1. The number of fused-ring (bicyclic) bond motifs is 2. The number of para-hydroxylation sites is 1. The molecule has 4 nitrogen and oxygen atoms in total. The summed E-state index contributed by atoms with van der Waals surface area (Å²) in [5, 5.41) is 3.37. The molecule has 0 radical (unpaired) electrons. The molecule has 0 aliphatic carbocycles. The largest absolute Gasteiger partial charge is 0.350 e. The van der Waals surface area contributed by atoms with Gasteiger partial charge in [-0.2, -0.15) is 0 Å². The Hall–Kier alpha value is -2.10. The smallest absolute Gasteiger partial charge is 0.268 e. The summed E-state index contributed by atoms with van der Waals surface area (Å²) in [6.07, 6.45) is 0.598. The van der Waals surface area contributed by atoms with E-state index in [1.807, 2.05) is 12.1 Å². The monoisotopic (exact) mass is 214 g/mol. The maximum atomic E-state index is 12.1. The second-order valence-electron chi connectivity index (χ2n) is 3.86. The summed E-state index contributed by atoms with van der Waals surface area (Å²) in [5.74, 6) is -0.191. The first kappa shape index (κ1) is 9.15. The highest BCUT2D eigenvalue weighted by molar-refractivity contribution is 5.97. The average Bonchev–Trinajstić information content (AvgIpc) is 2.31. The molecule has 1 amide bonds. The van der Waals surface area contributed by atoms with Crippen molar-refractivity contribution in [2.45, 2.75) is 6.42 Å². The summed E-state index contributed by atoms with van der Waals surface area (Å²) >= 11 is 0. The van der Waals surface area contributed by atoms with E-state index in [-0.39, 0.29) is 11.3 Å². The van der Waals surface area contributed by atoms with Crippen molar-refractivity contribution in [2.24, 2.45) is 0 Å². The number of carbonyl (C=O) groups excluding carboxylic acids is 1. The van der Waals surface area contributed by atoms with E-state index in [1.54, 1.807) is 12.1 Å². The van der Waals surface area contributed by atoms with Crippen LogP contribution in [0.2, 0.25) is 0 Å². The number of hydrogen-bond acceptors (Lipinski definition) is 2. The maximum Gasteiger partial charge on any atom is 0.268 e. The molecule has 0 saturated carbocycles. The molecule has 80 valence electrons. The molecule has 3 rings (SSSR count). The Kier molecular flexibility index (Phi) is 1.83. The minimum absolute atomic E-state index is 0.0285. The van der Waals surface area contributed by atoms with Crippen molar-refractivity contribution < 1.29 is 4.79 Å². The number of nitrogens with one attached hydrogen (secondary N) is 2. The van der Waals surface area contributed by atoms with Gasteiger partial charge in [0.15, 0.2) is 5.43 Å². The molecule has 1 aromatic carbocycles. The molecule has 1 aliphatic rings. The molecule has 0 fully saturated rings. The molecule has 0 bridgehead atoms. The van der Waals surface area contributed by atoms with Crippen LogP contribution < -0.4 is 10.7 Å². The molecule has 2 N–H and O–H groups in total. The standard InChI is InChI=1S/C12H10N2O2/c15-11-7-3-1-2-4-9(7)14-10-8(11)5-6-13-12(10)16/h1-4H,5-6H2,(H,13,16)(H,14,15). The molecular formula is C12H10N2O2. The molecule has 4 heteroatoms. The normalized spacial score (nSPS) is 14.6. The Labute approximate surface area is 91.3 Å². The van der Waals surface area contributed by atoms with Gasteiger partial charge in [0.05, 0.1) is 0 Å². The highest BCUT2D eigenvalue weighted by atomic mass is 16.2. The lowest BCUT2D eigenvalue weighted by Gasteiger charge is -2.16. The van der Waals surface area contributed by atoms with Crippen LogP contribution in [0, 0.1) is 0 Å². The lowest BCUT2D eigenvalue weighted by atomic mass is 10.0. The van der Waals surface area contributed by atoms with Gasteiger partial charge in [0, 0.05) is 23.0 Å². The average molecular weight is 214 g/mol. The summed E-state index contributed by atoms with van der Waals surface area (Å²) in [7, 11) is 0. The van der Waals surface area contributed by atoms with Crippen molar-refractivity contribution in [3.63, 3.8) is 0 Å². The highest BCUT2D eigenvalue weighted by Crippen LogP contribution is 2.13. The predicted molar refractivity (Wildman–Crippen MR) is 60.6 cm³/mol. The van der Waals surface area contributed by atoms with E-state index in [9.17, 15) is 9.59 Å². The van der Waals surface area contributed by atoms with Gasteiger partial charge in [0.2, 0.25) is 0 Å². The van der Waals surface area contributed by atoms with Gasteiger partial charge >= 0.3 is 0 Å². The summed E-state index contributed by atoms with van der Waals surface area (Å²) in [6.45, 7) is 0.535. The Morgan fingerprint density at radius 1 is 1.12 bits per heavy atom. The van der Waals surface area contributed by atoms with Gasteiger partial charge in [-0.3, -0.25) is 9.59 Å². The molecule has 2 aromatic rings. The topological polar surface area (TPSA) is 62.0 Å². The van der Waals surface area contributed by atoms with Gasteiger partial charge in [-0.05, 0) is 18.6 Å². The first-order valence-electron chi connectivity index (χ1n) is 5.19. The van der Waals surface area contributed by atoms with Crippen LogP contribution in [0.15, 0.2) is 29.1 Å². The van der Waals surface area contributed by atoms with Crippen LogP contribution in [0.25, 0.3) is 10.9 Å².